The van der Waals surface area contributed by atoms with Gasteiger partial charge in [-0.15, -0.1) is 0 Å². The van der Waals surface area contributed by atoms with Crippen LogP contribution in [-0.2, 0) is 13.5 Å². The minimum absolute atomic E-state index is 0.476. The van der Waals surface area contributed by atoms with Crippen molar-refractivity contribution in [3.63, 3.8) is 0 Å². The van der Waals surface area contributed by atoms with Crippen molar-refractivity contribution >= 4 is 0 Å². The molecule has 0 radical (unpaired) electrons. The van der Waals surface area contributed by atoms with E-state index in [1.165, 1.54) is 0 Å². The van der Waals surface area contributed by atoms with Crippen molar-refractivity contribution in [1.29, 1.82) is 0 Å². The Kier molecular flexibility index (Phi) is 3.67. The Labute approximate surface area is 107 Å². The predicted molar refractivity (Wildman–Crippen MR) is 69.6 cm³/mol. The fraction of sp³-hybridized carbons (Fsp3) is 0.357. The normalized spacial score (nSPS) is 12.4. The summed E-state index contributed by atoms with van der Waals surface area (Å²) in [6.45, 7) is 2.00. The molecule has 0 aliphatic rings. The van der Waals surface area contributed by atoms with Crippen molar-refractivity contribution in [3.05, 3.63) is 47.5 Å². The first kappa shape index (κ1) is 12.6. The van der Waals surface area contributed by atoms with E-state index in [1.807, 2.05) is 42.9 Å². The van der Waals surface area contributed by atoms with Gasteiger partial charge in [0.25, 0.3) is 0 Å². The fourth-order valence-electron chi connectivity index (χ4n) is 1.99. The summed E-state index contributed by atoms with van der Waals surface area (Å²) in [7, 11) is 3.53. The van der Waals surface area contributed by atoms with Crippen LogP contribution < -0.4 is 4.74 Å². The Morgan fingerprint density at radius 3 is 2.83 bits per heavy atom. The molecule has 18 heavy (non-hydrogen) atoms. The Bertz CT molecular complexity index is 534. The zero-order valence-electron chi connectivity index (χ0n) is 10.9. The van der Waals surface area contributed by atoms with E-state index in [-0.39, 0.29) is 0 Å². The minimum Gasteiger partial charge on any atom is -0.496 e. The number of ether oxygens (including phenoxy) is 1. The van der Waals surface area contributed by atoms with Crippen LogP contribution in [0.1, 0.15) is 23.1 Å². The SMILES string of the molecule is COc1ccc(C)cc1C(O)Cc1nccn1C. The molecule has 1 atom stereocenters. The average molecular weight is 246 g/mol. The van der Waals surface area contributed by atoms with E-state index in [2.05, 4.69) is 4.98 Å². The summed E-state index contributed by atoms with van der Waals surface area (Å²) in [5.74, 6) is 1.56. The average Bonchev–Trinajstić information content (AvgIpc) is 2.75. The van der Waals surface area contributed by atoms with Gasteiger partial charge in [0, 0.05) is 31.4 Å². The number of aromatic nitrogens is 2. The van der Waals surface area contributed by atoms with Crippen molar-refractivity contribution in [2.75, 3.05) is 7.11 Å². The molecule has 2 aromatic rings. The van der Waals surface area contributed by atoms with Crippen LogP contribution in [0.4, 0.5) is 0 Å². The van der Waals surface area contributed by atoms with Crippen molar-refractivity contribution in [2.45, 2.75) is 19.4 Å². The lowest BCUT2D eigenvalue weighted by Gasteiger charge is -2.15. The summed E-state index contributed by atoms with van der Waals surface area (Å²) in [5.41, 5.74) is 1.91. The van der Waals surface area contributed by atoms with Gasteiger partial charge >= 0.3 is 0 Å². The molecular weight excluding hydrogens is 228 g/mol. The fourth-order valence-corrected chi connectivity index (χ4v) is 1.99. The first-order valence-corrected chi connectivity index (χ1v) is 5.90. The molecule has 1 aromatic carbocycles. The molecule has 0 aliphatic carbocycles. The third kappa shape index (κ3) is 2.54. The number of aryl methyl sites for hydroxylation is 2. The van der Waals surface area contributed by atoms with Gasteiger partial charge in [-0.3, -0.25) is 0 Å². The van der Waals surface area contributed by atoms with Crippen LogP contribution in [0.15, 0.2) is 30.6 Å². The van der Waals surface area contributed by atoms with Gasteiger partial charge in [0.05, 0.1) is 13.2 Å². The smallest absolute Gasteiger partial charge is 0.124 e. The number of methoxy groups -OCH3 is 1. The van der Waals surface area contributed by atoms with Crippen LogP contribution in [-0.4, -0.2) is 21.8 Å². The molecule has 96 valence electrons. The summed E-state index contributed by atoms with van der Waals surface area (Å²) >= 11 is 0. The van der Waals surface area contributed by atoms with Crippen LogP contribution in [0.3, 0.4) is 0 Å². The summed E-state index contributed by atoms with van der Waals surface area (Å²) in [6.07, 6.45) is 3.47. The van der Waals surface area contributed by atoms with Gasteiger partial charge in [-0.05, 0) is 19.1 Å². The topological polar surface area (TPSA) is 47.3 Å². The molecule has 1 heterocycles. The number of rotatable bonds is 4. The Morgan fingerprint density at radius 2 is 2.22 bits per heavy atom. The summed E-state index contributed by atoms with van der Waals surface area (Å²) in [6, 6.07) is 5.80. The monoisotopic (exact) mass is 246 g/mol. The van der Waals surface area contributed by atoms with E-state index in [9.17, 15) is 5.11 Å². The van der Waals surface area contributed by atoms with Gasteiger partial charge in [-0.25, -0.2) is 4.98 Å². The van der Waals surface area contributed by atoms with Crippen LogP contribution in [0.5, 0.6) is 5.75 Å². The van der Waals surface area contributed by atoms with E-state index < -0.39 is 6.10 Å². The highest BCUT2D eigenvalue weighted by Gasteiger charge is 2.16. The van der Waals surface area contributed by atoms with Gasteiger partial charge in [0.15, 0.2) is 0 Å². The maximum absolute atomic E-state index is 10.3. The van der Waals surface area contributed by atoms with E-state index in [1.54, 1.807) is 13.3 Å². The van der Waals surface area contributed by atoms with Crippen LogP contribution in [0.2, 0.25) is 0 Å². The number of aliphatic hydroxyl groups excluding tert-OH is 1. The molecule has 1 unspecified atom stereocenters. The Hall–Kier alpha value is -1.81. The molecule has 0 bridgehead atoms. The quantitative estimate of drug-likeness (QED) is 0.897. The van der Waals surface area contributed by atoms with Crippen LogP contribution in [0.25, 0.3) is 0 Å². The summed E-state index contributed by atoms with van der Waals surface area (Å²) in [5, 5.41) is 10.3. The number of imidazole rings is 1. The lowest BCUT2D eigenvalue weighted by atomic mass is 10.0. The molecule has 0 saturated heterocycles. The largest absolute Gasteiger partial charge is 0.496 e. The van der Waals surface area contributed by atoms with Crippen molar-refractivity contribution in [3.8, 4) is 5.75 Å². The van der Waals surface area contributed by atoms with Crippen molar-refractivity contribution in [2.24, 2.45) is 7.05 Å². The highest BCUT2D eigenvalue weighted by Crippen LogP contribution is 2.28. The molecule has 0 aliphatic heterocycles. The zero-order chi connectivity index (χ0) is 13.1. The van der Waals surface area contributed by atoms with Crippen molar-refractivity contribution < 1.29 is 9.84 Å². The molecule has 4 heteroatoms. The van der Waals surface area contributed by atoms with Gasteiger partial charge in [0.2, 0.25) is 0 Å². The minimum atomic E-state index is -0.610. The second-order valence-corrected chi connectivity index (χ2v) is 4.42. The van der Waals surface area contributed by atoms with Gasteiger partial charge in [0.1, 0.15) is 11.6 Å². The number of benzene rings is 1. The van der Waals surface area contributed by atoms with Gasteiger partial charge in [-0.1, -0.05) is 11.6 Å². The summed E-state index contributed by atoms with van der Waals surface area (Å²) < 4.78 is 7.19. The molecular formula is C14H18N2O2. The van der Waals surface area contributed by atoms with E-state index in [0.717, 1.165) is 17.0 Å². The number of hydrogen-bond donors (Lipinski definition) is 1. The van der Waals surface area contributed by atoms with Crippen LogP contribution >= 0.6 is 0 Å². The molecule has 4 nitrogen and oxygen atoms in total. The first-order valence-electron chi connectivity index (χ1n) is 5.90. The van der Waals surface area contributed by atoms with E-state index in [4.69, 9.17) is 4.74 Å². The third-order valence-corrected chi connectivity index (χ3v) is 3.04. The highest BCUT2D eigenvalue weighted by atomic mass is 16.5. The summed E-state index contributed by atoms with van der Waals surface area (Å²) in [4.78, 5) is 4.22. The third-order valence-electron chi connectivity index (χ3n) is 3.04. The lowest BCUT2D eigenvalue weighted by molar-refractivity contribution is 0.170. The van der Waals surface area contributed by atoms with Gasteiger partial charge < -0.3 is 14.4 Å². The maximum atomic E-state index is 10.3. The Balaban J connectivity index is 2.25. The maximum Gasteiger partial charge on any atom is 0.124 e. The first-order chi connectivity index (χ1) is 8.61. The highest BCUT2D eigenvalue weighted by molar-refractivity contribution is 5.38. The molecule has 0 spiro atoms. The van der Waals surface area contributed by atoms with Gasteiger partial charge in [-0.2, -0.15) is 0 Å². The second kappa shape index (κ2) is 5.23. The molecule has 0 amide bonds. The Morgan fingerprint density at radius 1 is 1.44 bits per heavy atom. The number of nitrogens with zero attached hydrogens (tertiary/aromatic N) is 2. The second-order valence-electron chi connectivity index (χ2n) is 4.42. The standard InChI is InChI=1S/C14H18N2O2/c1-10-4-5-13(18-3)11(8-10)12(17)9-14-15-6-7-16(14)2/h4-8,12,17H,9H2,1-3H3. The lowest BCUT2D eigenvalue weighted by Crippen LogP contribution is -2.08. The molecule has 0 saturated carbocycles. The number of hydrogen-bond acceptors (Lipinski definition) is 3. The van der Waals surface area contributed by atoms with Crippen LogP contribution in [0, 0.1) is 6.92 Å². The molecule has 1 N–H and O–H groups in total. The number of aliphatic hydroxyl groups is 1. The van der Waals surface area contributed by atoms with E-state index >= 15 is 0 Å². The molecule has 1 aromatic heterocycles. The van der Waals surface area contributed by atoms with Crippen molar-refractivity contribution in [1.82, 2.24) is 9.55 Å². The molecule has 0 fully saturated rings. The zero-order valence-corrected chi connectivity index (χ0v) is 10.9. The van der Waals surface area contributed by atoms with E-state index in [0.29, 0.717) is 12.2 Å². The predicted octanol–water partition coefficient (Wildman–Crippen LogP) is 2.01. The molecule has 2 rings (SSSR count).